The summed E-state index contributed by atoms with van der Waals surface area (Å²) >= 11 is 0. The first-order valence-electron chi connectivity index (χ1n) is 8.28. The molecule has 0 fully saturated rings. The second kappa shape index (κ2) is 7.30. The van der Waals surface area contributed by atoms with Gasteiger partial charge in [0.2, 0.25) is 0 Å². The molecule has 0 N–H and O–H groups in total. The van der Waals surface area contributed by atoms with Gasteiger partial charge in [-0.15, -0.1) is 0 Å². The minimum Gasteiger partial charge on any atom is -0.461 e. The first-order valence-corrected chi connectivity index (χ1v) is 8.28. The van der Waals surface area contributed by atoms with Crippen molar-refractivity contribution in [3.05, 3.63) is 71.2 Å². The number of carbonyl (C=O) groups is 1. The van der Waals surface area contributed by atoms with Crippen LogP contribution in [0.2, 0.25) is 0 Å². The van der Waals surface area contributed by atoms with Gasteiger partial charge in [-0.1, -0.05) is 24.3 Å². The third kappa shape index (κ3) is 3.94. The third-order valence-corrected chi connectivity index (χ3v) is 4.06. The standard InChI is InChI=1S/C20H21N3O2/c1-4-25-20(24)19-12-17(14(2)13-21-19)11-15-5-7-16(8-6-15)18-9-10-23(3)22-18/h5-10,12-13H,4,11H2,1-3H3. The molecule has 0 aliphatic carbocycles. The molecule has 0 spiro atoms. The molecule has 0 unspecified atom stereocenters. The summed E-state index contributed by atoms with van der Waals surface area (Å²) in [5.74, 6) is -0.380. The van der Waals surface area contributed by atoms with Crippen molar-refractivity contribution in [2.75, 3.05) is 6.61 Å². The Morgan fingerprint density at radius 3 is 2.60 bits per heavy atom. The summed E-state index contributed by atoms with van der Waals surface area (Å²) < 4.78 is 6.82. The van der Waals surface area contributed by atoms with Crippen molar-refractivity contribution in [2.24, 2.45) is 7.05 Å². The molecule has 3 rings (SSSR count). The van der Waals surface area contributed by atoms with Gasteiger partial charge in [0.15, 0.2) is 0 Å². The molecule has 0 radical (unpaired) electrons. The maximum Gasteiger partial charge on any atom is 0.356 e. The summed E-state index contributed by atoms with van der Waals surface area (Å²) in [6.07, 6.45) is 4.40. The molecule has 0 amide bonds. The number of aromatic nitrogens is 3. The van der Waals surface area contributed by atoms with Gasteiger partial charge in [-0.25, -0.2) is 9.78 Å². The van der Waals surface area contributed by atoms with Crippen LogP contribution in [0.25, 0.3) is 11.3 Å². The predicted molar refractivity (Wildman–Crippen MR) is 96.4 cm³/mol. The molecule has 2 heterocycles. The minimum absolute atomic E-state index is 0.346. The Labute approximate surface area is 147 Å². The SMILES string of the molecule is CCOC(=O)c1cc(Cc2ccc(-c3ccn(C)n3)cc2)c(C)cn1. The van der Waals surface area contributed by atoms with Crippen molar-refractivity contribution in [1.82, 2.24) is 14.8 Å². The van der Waals surface area contributed by atoms with Gasteiger partial charge in [-0.3, -0.25) is 4.68 Å². The van der Waals surface area contributed by atoms with Crippen LogP contribution in [0.15, 0.2) is 48.8 Å². The summed E-state index contributed by atoms with van der Waals surface area (Å²) in [6.45, 7) is 4.13. The van der Waals surface area contributed by atoms with Gasteiger partial charge in [0.25, 0.3) is 0 Å². The predicted octanol–water partition coefficient (Wildman–Crippen LogP) is 3.56. The summed E-state index contributed by atoms with van der Waals surface area (Å²) in [4.78, 5) is 16.0. The fourth-order valence-corrected chi connectivity index (χ4v) is 2.65. The van der Waals surface area contributed by atoms with Gasteiger partial charge in [0.05, 0.1) is 12.3 Å². The van der Waals surface area contributed by atoms with E-state index in [4.69, 9.17) is 4.74 Å². The van der Waals surface area contributed by atoms with Gasteiger partial charge in [-0.2, -0.15) is 5.10 Å². The molecule has 128 valence electrons. The molecule has 2 aromatic heterocycles. The number of aryl methyl sites for hydroxylation is 2. The maximum absolute atomic E-state index is 11.9. The summed E-state index contributed by atoms with van der Waals surface area (Å²) in [5, 5.41) is 4.41. The zero-order valence-corrected chi connectivity index (χ0v) is 14.7. The highest BCUT2D eigenvalue weighted by molar-refractivity contribution is 5.87. The fourth-order valence-electron chi connectivity index (χ4n) is 2.65. The molecular formula is C20H21N3O2. The molecule has 5 nitrogen and oxygen atoms in total. The lowest BCUT2D eigenvalue weighted by molar-refractivity contribution is 0.0519. The van der Waals surface area contributed by atoms with Crippen LogP contribution in [0.1, 0.15) is 34.1 Å². The Morgan fingerprint density at radius 2 is 1.96 bits per heavy atom. The topological polar surface area (TPSA) is 57.0 Å². The lowest BCUT2D eigenvalue weighted by atomic mass is 10.00. The van der Waals surface area contributed by atoms with Crippen LogP contribution in [-0.4, -0.2) is 27.3 Å². The van der Waals surface area contributed by atoms with Crippen LogP contribution in [0.5, 0.6) is 0 Å². The molecule has 0 saturated carbocycles. The number of nitrogens with zero attached hydrogens (tertiary/aromatic N) is 3. The molecule has 0 bridgehead atoms. The van der Waals surface area contributed by atoms with Gasteiger partial charge < -0.3 is 4.74 Å². The summed E-state index contributed by atoms with van der Waals surface area (Å²) in [7, 11) is 1.91. The molecular weight excluding hydrogens is 314 g/mol. The number of pyridine rings is 1. The van der Waals surface area contributed by atoms with Crippen LogP contribution in [0, 0.1) is 6.92 Å². The average Bonchev–Trinajstić information content (AvgIpc) is 3.04. The van der Waals surface area contributed by atoms with Gasteiger partial charge in [0.1, 0.15) is 5.69 Å². The van der Waals surface area contributed by atoms with Crippen molar-refractivity contribution in [3.63, 3.8) is 0 Å². The van der Waals surface area contributed by atoms with Crippen LogP contribution in [-0.2, 0) is 18.2 Å². The second-order valence-electron chi connectivity index (χ2n) is 5.96. The Bertz CT molecular complexity index is 882. The van der Waals surface area contributed by atoms with E-state index < -0.39 is 0 Å². The van der Waals surface area contributed by atoms with E-state index >= 15 is 0 Å². The van der Waals surface area contributed by atoms with Crippen molar-refractivity contribution < 1.29 is 9.53 Å². The lowest BCUT2D eigenvalue weighted by Crippen LogP contribution is -2.08. The zero-order valence-electron chi connectivity index (χ0n) is 14.7. The van der Waals surface area contributed by atoms with Crippen LogP contribution >= 0.6 is 0 Å². The summed E-state index contributed by atoms with van der Waals surface area (Å²) in [6, 6.07) is 12.1. The van der Waals surface area contributed by atoms with E-state index in [2.05, 4.69) is 34.3 Å². The Kier molecular flexibility index (Phi) is 4.93. The Balaban J connectivity index is 1.80. The smallest absolute Gasteiger partial charge is 0.356 e. The van der Waals surface area contributed by atoms with Crippen LogP contribution in [0.4, 0.5) is 0 Å². The number of rotatable bonds is 5. The average molecular weight is 335 g/mol. The number of benzene rings is 1. The highest BCUT2D eigenvalue weighted by atomic mass is 16.5. The van der Waals surface area contributed by atoms with E-state index in [1.165, 1.54) is 5.56 Å². The van der Waals surface area contributed by atoms with E-state index in [0.29, 0.717) is 12.3 Å². The van der Waals surface area contributed by atoms with Crippen molar-refractivity contribution in [2.45, 2.75) is 20.3 Å². The molecule has 0 aliphatic heterocycles. The molecule has 0 atom stereocenters. The number of ether oxygens (including phenoxy) is 1. The number of carbonyl (C=O) groups excluding carboxylic acids is 1. The van der Waals surface area contributed by atoms with Crippen molar-refractivity contribution in [1.29, 1.82) is 0 Å². The molecule has 3 aromatic rings. The monoisotopic (exact) mass is 335 g/mol. The molecule has 5 heteroatoms. The van der Waals surface area contributed by atoms with E-state index in [1.807, 2.05) is 32.3 Å². The zero-order chi connectivity index (χ0) is 17.8. The van der Waals surface area contributed by atoms with Gasteiger partial charge in [-0.05, 0) is 49.1 Å². The number of hydrogen-bond donors (Lipinski definition) is 0. The minimum atomic E-state index is -0.380. The quantitative estimate of drug-likeness (QED) is 0.669. The van der Waals surface area contributed by atoms with E-state index in [-0.39, 0.29) is 5.97 Å². The van der Waals surface area contributed by atoms with E-state index in [0.717, 1.165) is 28.8 Å². The largest absolute Gasteiger partial charge is 0.461 e. The first kappa shape index (κ1) is 16.9. The first-order chi connectivity index (χ1) is 12.1. The summed E-state index contributed by atoms with van der Waals surface area (Å²) in [5.41, 5.74) is 5.70. The second-order valence-corrected chi connectivity index (χ2v) is 5.96. The molecule has 0 saturated heterocycles. The number of hydrogen-bond acceptors (Lipinski definition) is 4. The van der Waals surface area contributed by atoms with Crippen molar-refractivity contribution >= 4 is 5.97 Å². The normalized spacial score (nSPS) is 10.7. The van der Waals surface area contributed by atoms with Crippen LogP contribution < -0.4 is 0 Å². The third-order valence-electron chi connectivity index (χ3n) is 4.06. The molecule has 1 aromatic carbocycles. The molecule has 25 heavy (non-hydrogen) atoms. The Hall–Kier alpha value is -2.95. The van der Waals surface area contributed by atoms with E-state index in [1.54, 1.807) is 17.8 Å². The number of esters is 1. The molecule has 0 aliphatic rings. The highest BCUT2D eigenvalue weighted by Crippen LogP contribution is 2.20. The van der Waals surface area contributed by atoms with E-state index in [9.17, 15) is 4.79 Å². The fraction of sp³-hybridized carbons (Fsp3) is 0.250. The van der Waals surface area contributed by atoms with Crippen LogP contribution in [0.3, 0.4) is 0 Å². The maximum atomic E-state index is 11.9. The van der Waals surface area contributed by atoms with Gasteiger partial charge >= 0.3 is 5.97 Å². The van der Waals surface area contributed by atoms with Crippen molar-refractivity contribution in [3.8, 4) is 11.3 Å². The lowest BCUT2D eigenvalue weighted by Gasteiger charge is -2.09. The van der Waals surface area contributed by atoms with Gasteiger partial charge in [0, 0.05) is 25.0 Å². The Morgan fingerprint density at radius 1 is 1.20 bits per heavy atom. The highest BCUT2D eigenvalue weighted by Gasteiger charge is 2.11.